The van der Waals surface area contributed by atoms with E-state index in [2.05, 4.69) is 17.2 Å². The highest BCUT2D eigenvalue weighted by molar-refractivity contribution is 7.09. The zero-order valence-electron chi connectivity index (χ0n) is 7.16. The van der Waals surface area contributed by atoms with Gasteiger partial charge in [-0.3, -0.25) is 0 Å². The summed E-state index contributed by atoms with van der Waals surface area (Å²) in [4.78, 5) is 4.13. The third-order valence-corrected chi connectivity index (χ3v) is 2.52. The lowest BCUT2D eigenvalue weighted by molar-refractivity contribution is 0.238. The molecule has 1 aromatic heterocycles. The molecule has 1 atom stereocenters. The molecule has 1 rings (SSSR count). The molecule has 0 bridgehead atoms. The van der Waals surface area contributed by atoms with Gasteiger partial charge in [0, 0.05) is 24.2 Å². The molecule has 4 heteroatoms. The second-order valence-electron chi connectivity index (χ2n) is 2.59. The first-order chi connectivity index (χ1) is 5.86. The fourth-order valence-electron chi connectivity index (χ4n) is 0.910. The summed E-state index contributed by atoms with van der Waals surface area (Å²) >= 11 is 1.63. The van der Waals surface area contributed by atoms with E-state index in [0.717, 1.165) is 18.0 Å². The third-order valence-electron chi connectivity index (χ3n) is 1.74. The number of aromatic nitrogens is 1. The molecule has 0 radical (unpaired) electrons. The Balaban J connectivity index is 2.25. The van der Waals surface area contributed by atoms with Crippen LogP contribution >= 0.6 is 11.3 Å². The molecule has 0 aliphatic carbocycles. The molecule has 2 N–H and O–H groups in total. The largest absolute Gasteiger partial charge is 0.395 e. The average Bonchev–Trinajstić information content (AvgIpc) is 2.59. The van der Waals surface area contributed by atoms with Crippen molar-refractivity contribution in [3.8, 4) is 0 Å². The van der Waals surface area contributed by atoms with Crippen LogP contribution in [0.3, 0.4) is 0 Å². The molecular formula is C8H14N2OS. The van der Waals surface area contributed by atoms with Gasteiger partial charge in [-0.25, -0.2) is 4.98 Å². The molecule has 1 heterocycles. The van der Waals surface area contributed by atoms with Gasteiger partial charge in [0.15, 0.2) is 0 Å². The quantitative estimate of drug-likeness (QED) is 0.721. The summed E-state index contributed by atoms with van der Waals surface area (Å²) < 4.78 is 0. The van der Waals surface area contributed by atoms with Gasteiger partial charge >= 0.3 is 0 Å². The summed E-state index contributed by atoms with van der Waals surface area (Å²) in [6.07, 6.45) is 2.74. The van der Waals surface area contributed by atoms with E-state index in [9.17, 15) is 0 Å². The van der Waals surface area contributed by atoms with Crippen LogP contribution in [0.4, 0.5) is 0 Å². The Labute approximate surface area is 76.5 Å². The van der Waals surface area contributed by atoms with Crippen molar-refractivity contribution in [3.05, 3.63) is 16.6 Å². The normalized spacial score (nSPS) is 13.2. The smallest absolute Gasteiger partial charge is 0.106 e. The molecule has 0 aliphatic heterocycles. The van der Waals surface area contributed by atoms with Crippen LogP contribution in [-0.2, 0) is 6.54 Å². The molecule has 0 saturated heterocycles. The molecule has 0 aromatic carbocycles. The highest BCUT2D eigenvalue weighted by Gasteiger charge is 2.03. The van der Waals surface area contributed by atoms with Crippen molar-refractivity contribution in [1.29, 1.82) is 0 Å². The first-order valence-electron chi connectivity index (χ1n) is 4.09. The monoisotopic (exact) mass is 186 g/mol. The van der Waals surface area contributed by atoms with E-state index in [0.29, 0.717) is 0 Å². The van der Waals surface area contributed by atoms with Gasteiger partial charge in [-0.2, -0.15) is 0 Å². The number of hydrogen-bond donors (Lipinski definition) is 2. The van der Waals surface area contributed by atoms with Gasteiger partial charge in [0.25, 0.3) is 0 Å². The van der Waals surface area contributed by atoms with E-state index >= 15 is 0 Å². The highest BCUT2D eigenvalue weighted by Crippen LogP contribution is 2.03. The van der Waals surface area contributed by atoms with Gasteiger partial charge in [-0.05, 0) is 6.42 Å². The fraction of sp³-hybridized carbons (Fsp3) is 0.625. The Morgan fingerprint density at radius 2 is 2.58 bits per heavy atom. The minimum atomic E-state index is 0.196. The van der Waals surface area contributed by atoms with E-state index in [1.165, 1.54) is 0 Å². The number of hydrogen-bond acceptors (Lipinski definition) is 4. The van der Waals surface area contributed by atoms with Crippen molar-refractivity contribution in [2.24, 2.45) is 0 Å². The lowest BCUT2D eigenvalue weighted by Gasteiger charge is -2.11. The van der Waals surface area contributed by atoms with Crippen molar-refractivity contribution in [2.45, 2.75) is 25.9 Å². The predicted molar refractivity (Wildman–Crippen MR) is 50.1 cm³/mol. The number of nitrogens with one attached hydrogen (secondary N) is 1. The molecule has 68 valence electrons. The average molecular weight is 186 g/mol. The molecular weight excluding hydrogens is 172 g/mol. The van der Waals surface area contributed by atoms with Crippen LogP contribution in [0.2, 0.25) is 0 Å². The van der Waals surface area contributed by atoms with E-state index in [4.69, 9.17) is 5.11 Å². The van der Waals surface area contributed by atoms with Crippen LogP contribution in [-0.4, -0.2) is 22.7 Å². The molecule has 0 amide bonds. The lowest BCUT2D eigenvalue weighted by atomic mass is 10.2. The van der Waals surface area contributed by atoms with Crippen LogP contribution in [0.25, 0.3) is 0 Å². The van der Waals surface area contributed by atoms with Crippen LogP contribution < -0.4 is 5.32 Å². The van der Waals surface area contributed by atoms with Gasteiger partial charge in [0.1, 0.15) is 5.01 Å². The maximum atomic E-state index is 8.88. The van der Waals surface area contributed by atoms with E-state index in [-0.39, 0.29) is 12.6 Å². The Morgan fingerprint density at radius 3 is 3.08 bits per heavy atom. The maximum absolute atomic E-state index is 8.88. The van der Waals surface area contributed by atoms with Gasteiger partial charge in [-0.15, -0.1) is 11.3 Å². The summed E-state index contributed by atoms with van der Waals surface area (Å²) in [5.41, 5.74) is 0. The lowest BCUT2D eigenvalue weighted by Crippen LogP contribution is -2.31. The highest BCUT2D eigenvalue weighted by atomic mass is 32.1. The van der Waals surface area contributed by atoms with Gasteiger partial charge in [0.2, 0.25) is 0 Å². The fourth-order valence-corrected chi connectivity index (χ4v) is 1.48. The standard InChI is InChI=1S/C8H14N2OS/c1-2-7(6-11)10-5-8-9-3-4-12-8/h3-4,7,10-11H,2,5-6H2,1H3/t7-/m1/s1. The second-order valence-corrected chi connectivity index (χ2v) is 3.57. The van der Waals surface area contributed by atoms with E-state index in [1.807, 2.05) is 5.38 Å². The van der Waals surface area contributed by atoms with Crippen molar-refractivity contribution in [3.63, 3.8) is 0 Å². The van der Waals surface area contributed by atoms with E-state index in [1.54, 1.807) is 17.5 Å². The molecule has 12 heavy (non-hydrogen) atoms. The number of aliphatic hydroxyl groups excluding tert-OH is 1. The topological polar surface area (TPSA) is 45.1 Å². The van der Waals surface area contributed by atoms with Crippen molar-refractivity contribution in [2.75, 3.05) is 6.61 Å². The second kappa shape index (κ2) is 5.24. The first-order valence-corrected chi connectivity index (χ1v) is 4.97. The number of nitrogens with zero attached hydrogens (tertiary/aromatic N) is 1. The van der Waals surface area contributed by atoms with Gasteiger partial charge in [-0.1, -0.05) is 6.92 Å². The molecule has 0 saturated carbocycles. The Hall–Kier alpha value is -0.450. The summed E-state index contributed by atoms with van der Waals surface area (Å²) in [6, 6.07) is 0.203. The van der Waals surface area contributed by atoms with Crippen molar-refractivity contribution >= 4 is 11.3 Å². The molecule has 0 spiro atoms. The van der Waals surface area contributed by atoms with Gasteiger partial charge < -0.3 is 10.4 Å². The molecule has 0 unspecified atom stereocenters. The Kier molecular flexibility index (Phi) is 4.21. The Bertz CT molecular complexity index is 197. The Morgan fingerprint density at radius 1 is 1.75 bits per heavy atom. The molecule has 0 aliphatic rings. The molecule has 3 nitrogen and oxygen atoms in total. The molecule has 1 aromatic rings. The maximum Gasteiger partial charge on any atom is 0.106 e. The first kappa shape index (κ1) is 9.64. The molecule has 0 fully saturated rings. The number of aliphatic hydroxyl groups is 1. The van der Waals surface area contributed by atoms with Crippen LogP contribution in [0.1, 0.15) is 18.4 Å². The minimum Gasteiger partial charge on any atom is -0.395 e. The van der Waals surface area contributed by atoms with Crippen LogP contribution in [0, 0.1) is 0 Å². The van der Waals surface area contributed by atoms with Crippen molar-refractivity contribution < 1.29 is 5.11 Å². The summed E-state index contributed by atoms with van der Waals surface area (Å²) in [7, 11) is 0. The minimum absolute atomic E-state index is 0.196. The SMILES string of the molecule is CC[C@H](CO)NCc1nccs1. The van der Waals surface area contributed by atoms with Crippen molar-refractivity contribution in [1.82, 2.24) is 10.3 Å². The number of rotatable bonds is 5. The van der Waals surface area contributed by atoms with Crippen LogP contribution in [0.15, 0.2) is 11.6 Å². The number of thiazole rings is 1. The zero-order valence-corrected chi connectivity index (χ0v) is 7.97. The third kappa shape index (κ3) is 2.89. The summed E-state index contributed by atoms with van der Waals surface area (Å²) in [5, 5.41) is 15.1. The summed E-state index contributed by atoms with van der Waals surface area (Å²) in [6.45, 7) is 3.01. The van der Waals surface area contributed by atoms with E-state index < -0.39 is 0 Å². The zero-order chi connectivity index (χ0) is 8.81. The van der Waals surface area contributed by atoms with Gasteiger partial charge in [0.05, 0.1) is 6.61 Å². The summed E-state index contributed by atoms with van der Waals surface area (Å²) in [5.74, 6) is 0. The predicted octanol–water partition coefficient (Wildman–Crippen LogP) is 1.00. The van der Waals surface area contributed by atoms with Crippen LogP contribution in [0.5, 0.6) is 0 Å².